The van der Waals surface area contributed by atoms with E-state index in [0.717, 1.165) is 11.3 Å². The van der Waals surface area contributed by atoms with Crippen LogP contribution in [0.2, 0.25) is 0 Å². The maximum Gasteiger partial charge on any atom is 0.136 e. The molecule has 0 fully saturated rings. The maximum atomic E-state index is 4.43. The van der Waals surface area contributed by atoms with Crippen molar-refractivity contribution >= 4 is 5.65 Å². The Kier molecular flexibility index (Phi) is 2.69. The highest BCUT2D eigenvalue weighted by atomic mass is 15.0. The Morgan fingerprint density at radius 2 is 1.83 bits per heavy atom. The van der Waals surface area contributed by atoms with Crippen LogP contribution in [0.4, 0.5) is 0 Å². The van der Waals surface area contributed by atoms with Crippen molar-refractivity contribution < 1.29 is 0 Å². The van der Waals surface area contributed by atoms with Crippen molar-refractivity contribution in [3.63, 3.8) is 0 Å². The summed E-state index contributed by atoms with van der Waals surface area (Å²) in [6.45, 7) is 3.96. The molecular weight excluding hydrogens is 220 g/mol. The molecule has 2 aromatic heterocycles. The minimum Gasteiger partial charge on any atom is -0.303 e. The molecule has 0 radical (unpaired) electrons. The van der Waals surface area contributed by atoms with Crippen LogP contribution in [0.15, 0.2) is 73.6 Å². The van der Waals surface area contributed by atoms with E-state index in [4.69, 9.17) is 0 Å². The third kappa shape index (κ3) is 1.72. The van der Waals surface area contributed by atoms with E-state index in [9.17, 15) is 0 Å². The number of rotatable bonds is 3. The first-order valence-corrected chi connectivity index (χ1v) is 5.99. The molecule has 3 aromatic rings. The Morgan fingerprint density at radius 3 is 2.61 bits per heavy atom. The first kappa shape index (κ1) is 10.8. The van der Waals surface area contributed by atoms with Crippen LogP contribution in [0.5, 0.6) is 0 Å². The van der Waals surface area contributed by atoms with Gasteiger partial charge in [-0.2, -0.15) is 0 Å². The first-order valence-electron chi connectivity index (χ1n) is 5.99. The number of imidazole rings is 1. The van der Waals surface area contributed by atoms with Crippen LogP contribution < -0.4 is 0 Å². The molecule has 1 unspecified atom stereocenters. The summed E-state index contributed by atoms with van der Waals surface area (Å²) in [6, 6.07) is 16.4. The van der Waals surface area contributed by atoms with Crippen LogP contribution in [0, 0.1) is 0 Å². The summed E-state index contributed by atoms with van der Waals surface area (Å²) in [5.74, 6) is 0.170. The number of nitrogens with zero attached hydrogens (tertiary/aromatic N) is 2. The monoisotopic (exact) mass is 234 g/mol. The molecule has 2 heterocycles. The molecule has 18 heavy (non-hydrogen) atoms. The van der Waals surface area contributed by atoms with E-state index in [2.05, 4.69) is 40.2 Å². The van der Waals surface area contributed by atoms with E-state index in [1.54, 1.807) is 0 Å². The first-order chi connectivity index (χ1) is 8.90. The van der Waals surface area contributed by atoms with Gasteiger partial charge in [0.05, 0.1) is 11.9 Å². The zero-order chi connectivity index (χ0) is 12.4. The fraction of sp³-hybridized carbons (Fsp3) is 0.0625. The molecule has 3 rings (SSSR count). The molecule has 2 heteroatoms. The van der Waals surface area contributed by atoms with Crippen molar-refractivity contribution in [3.05, 3.63) is 84.8 Å². The second kappa shape index (κ2) is 4.49. The molecule has 0 amide bonds. The van der Waals surface area contributed by atoms with Gasteiger partial charge in [0, 0.05) is 12.1 Å². The number of fused-ring (bicyclic) bond motifs is 1. The Hall–Kier alpha value is -2.35. The minimum absolute atomic E-state index is 0.170. The smallest absolute Gasteiger partial charge is 0.136 e. The molecule has 0 aliphatic heterocycles. The molecule has 0 N–H and O–H groups in total. The van der Waals surface area contributed by atoms with Gasteiger partial charge in [-0.25, -0.2) is 4.98 Å². The van der Waals surface area contributed by atoms with Crippen molar-refractivity contribution in [2.75, 3.05) is 0 Å². The molecule has 1 aromatic carbocycles. The molecule has 0 spiro atoms. The van der Waals surface area contributed by atoms with Gasteiger partial charge in [-0.05, 0) is 17.7 Å². The van der Waals surface area contributed by atoms with Gasteiger partial charge in [0.1, 0.15) is 5.65 Å². The van der Waals surface area contributed by atoms with E-state index in [1.165, 1.54) is 5.56 Å². The fourth-order valence-electron chi connectivity index (χ4n) is 2.27. The summed E-state index contributed by atoms with van der Waals surface area (Å²) < 4.78 is 2.11. The Labute approximate surface area is 106 Å². The lowest BCUT2D eigenvalue weighted by atomic mass is 9.96. The molecule has 2 nitrogen and oxygen atoms in total. The number of hydrogen-bond acceptors (Lipinski definition) is 1. The molecule has 0 aliphatic rings. The lowest BCUT2D eigenvalue weighted by Gasteiger charge is -2.12. The fourth-order valence-corrected chi connectivity index (χ4v) is 2.27. The Morgan fingerprint density at radius 1 is 1.06 bits per heavy atom. The number of hydrogen-bond donors (Lipinski definition) is 0. The molecule has 88 valence electrons. The van der Waals surface area contributed by atoms with E-state index in [-0.39, 0.29) is 5.92 Å². The molecular formula is C16H14N2. The van der Waals surface area contributed by atoms with E-state index in [1.807, 2.05) is 42.7 Å². The van der Waals surface area contributed by atoms with Gasteiger partial charge >= 0.3 is 0 Å². The van der Waals surface area contributed by atoms with Gasteiger partial charge in [0.15, 0.2) is 0 Å². The van der Waals surface area contributed by atoms with Crippen molar-refractivity contribution in [1.29, 1.82) is 0 Å². The van der Waals surface area contributed by atoms with Crippen molar-refractivity contribution in [3.8, 4) is 0 Å². The zero-order valence-corrected chi connectivity index (χ0v) is 10.0. The normalized spacial score (nSPS) is 12.4. The van der Waals surface area contributed by atoms with Crippen molar-refractivity contribution in [2.45, 2.75) is 5.92 Å². The van der Waals surface area contributed by atoms with Gasteiger partial charge in [-0.1, -0.05) is 42.5 Å². The molecule has 0 saturated heterocycles. The minimum atomic E-state index is 0.170. The average molecular weight is 234 g/mol. The number of allylic oxidation sites excluding steroid dienone is 1. The number of benzene rings is 1. The molecule has 0 aliphatic carbocycles. The summed E-state index contributed by atoms with van der Waals surface area (Å²) in [4.78, 5) is 4.43. The highest BCUT2D eigenvalue weighted by molar-refractivity contribution is 5.44. The average Bonchev–Trinajstić information content (AvgIpc) is 2.85. The lowest BCUT2D eigenvalue weighted by Crippen LogP contribution is -2.01. The summed E-state index contributed by atoms with van der Waals surface area (Å²) in [6.07, 6.45) is 5.93. The maximum absolute atomic E-state index is 4.43. The van der Waals surface area contributed by atoms with Gasteiger partial charge in [0.25, 0.3) is 0 Å². The van der Waals surface area contributed by atoms with Crippen molar-refractivity contribution in [2.24, 2.45) is 0 Å². The third-order valence-electron chi connectivity index (χ3n) is 3.16. The van der Waals surface area contributed by atoms with Crippen molar-refractivity contribution in [1.82, 2.24) is 9.38 Å². The highest BCUT2D eigenvalue weighted by Crippen LogP contribution is 2.25. The Bertz CT molecular complexity index is 668. The lowest BCUT2D eigenvalue weighted by molar-refractivity contribution is 0.930. The number of aromatic nitrogens is 2. The van der Waals surface area contributed by atoms with Crippen LogP contribution in [0.1, 0.15) is 17.2 Å². The SMILES string of the molecule is C=CC(c1ccccc1)c1cnc2ccccn12. The van der Waals surface area contributed by atoms with Crippen LogP contribution in [-0.4, -0.2) is 9.38 Å². The predicted molar refractivity (Wildman–Crippen MR) is 73.7 cm³/mol. The van der Waals surface area contributed by atoms with Crippen LogP contribution in [-0.2, 0) is 0 Å². The van der Waals surface area contributed by atoms with E-state index >= 15 is 0 Å². The molecule has 0 bridgehead atoms. The Balaban J connectivity index is 2.15. The molecule has 0 saturated carbocycles. The van der Waals surface area contributed by atoms with Gasteiger partial charge in [-0.3, -0.25) is 0 Å². The third-order valence-corrected chi connectivity index (χ3v) is 3.16. The number of pyridine rings is 1. The van der Waals surface area contributed by atoms with Gasteiger partial charge in [-0.15, -0.1) is 6.58 Å². The van der Waals surface area contributed by atoms with E-state index < -0.39 is 0 Å². The summed E-state index contributed by atoms with van der Waals surface area (Å²) in [5, 5.41) is 0. The second-order valence-corrected chi connectivity index (χ2v) is 4.24. The quantitative estimate of drug-likeness (QED) is 0.632. The predicted octanol–water partition coefficient (Wildman–Crippen LogP) is 3.65. The topological polar surface area (TPSA) is 17.3 Å². The summed E-state index contributed by atoms with van der Waals surface area (Å²) in [7, 11) is 0. The summed E-state index contributed by atoms with van der Waals surface area (Å²) >= 11 is 0. The largest absolute Gasteiger partial charge is 0.303 e. The summed E-state index contributed by atoms with van der Waals surface area (Å²) in [5.41, 5.74) is 3.35. The standard InChI is InChI=1S/C16H14N2/c1-2-14(13-8-4-3-5-9-13)15-12-17-16-10-6-7-11-18(15)16/h2-12,14H,1H2. The van der Waals surface area contributed by atoms with Crippen LogP contribution >= 0.6 is 0 Å². The van der Waals surface area contributed by atoms with Crippen LogP contribution in [0.3, 0.4) is 0 Å². The second-order valence-electron chi connectivity index (χ2n) is 4.24. The van der Waals surface area contributed by atoms with Gasteiger partial charge in [0.2, 0.25) is 0 Å². The van der Waals surface area contributed by atoms with E-state index in [0.29, 0.717) is 0 Å². The van der Waals surface area contributed by atoms with Crippen LogP contribution in [0.25, 0.3) is 5.65 Å². The molecule has 1 atom stereocenters. The van der Waals surface area contributed by atoms with Gasteiger partial charge < -0.3 is 4.40 Å². The zero-order valence-electron chi connectivity index (χ0n) is 10.0. The highest BCUT2D eigenvalue weighted by Gasteiger charge is 2.14.